The van der Waals surface area contributed by atoms with Crippen molar-refractivity contribution in [1.29, 1.82) is 0 Å². The standard InChI is InChI=1S/C15H22Cl2N2O2S/c1-2-9-19(13-5-7-18-8-6-13)22(20,21)11-12-3-4-14(16)15(17)10-12/h3-4,10,13,18H,2,5-9,11H2,1H3. The van der Waals surface area contributed by atoms with Crippen LogP contribution < -0.4 is 5.32 Å². The maximum absolute atomic E-state index is 12.8. The number of halogens is 2. The summed E-state index contributed by atoms with van der Waals surface area (Å²) in [7, 11) is -3.36. The lowest BCUT2D eigenvalue weighted by molar-refractivity contribution is 0.262. The van der Waals surface area contributed by atoms with Gasteiger partial charge in [-0.25, -0.2) is 8.42 Å². The maximum Gasteiger partial charge on any atom is 0.218 e. The Morgan fingerprint density at radius 1 is 1.23 bits per heavy atom. The van der Waals surface area contributed by atoms with Crippen molar-refractivity contribution in [1.82, 2.24) is 9.62 Å². The van der Waals surface area contributed by atoms with E-state index in [4.69, 9.17) is 23.2 Å². The second-order valence-electron chi connectivity index (χ2n) is 5.60. The van der Waals surface area contributed by atoms with Crippen molar-refractivity contribution >= 4 is 33.2 Å². The van der Waals surface area contributed by atoms with E-state index >= 15 is 0 Å². The molecule has 2 rings (SSSR count). The minimum absolute atomic E-state index is 0.0339. The van der Waals surface area contributed by atoms with E-state index in [0.717, 1.165) is 32.4 Å². The number of nitrogens with zero attached hydrogens (tertiary/aromatic N) is 1. The number of sulfonamides is 1. The van der Waals surface area contributed by atoms with Gasteiger partial charge < -0.3 is 5.32 Å². The predicted molar refractivity (Wildman–Crippen MR) is 92.0 cm³/mol. The smallest absolute Gasteiger partial charge is 0.218 e. The molecule has 1 aliphatic rings. The molecule has 1 aromatic rings. The number of hydrogen-bond donors (Lipinski definition) is 1. The Morgan fingerprint density at radius 3 is 2.50 bits per heavy atom. The fourth-order valence-electron chi connectivity index (χ4n) is 2.79. The van der Waals surface area contributed by atoms with Crippen LogP contribution in [0.2, 0.25) is 10.0 Å². The molecular formula is C15H22Cl2N2O2S. The Labute approximate surface area is 142 Å². The van der Waals surface area contributed by atoms with E-state index in [2.05, 4.69) is 5.32 Å². The molecule has 0 amide bonds. The summed E-state index contributed by atoms with van der Waals surface area (Å²) >= 11 is 11.9. The molecule has 22 heavy (non-hydrogen) atoms. The average molecular weight is 365 g/mol. The van der Waals surface area contributed by atoms with Gasteiger partial charge in [-0.2, -0.15) is 4.31 Å². The molecule has 1 fully saturated rings. The molecule has 0 saturated carbocycles. The van der Waals surface area contributed by atoms with Crippen molar-refractivity contribution in [2.24, 2.45) is 0 Å². The highest BCUT2D eigenvalue weighted by Gasteiger charge is 2.30. The van der Waals surface area contributed by atoms with Crippen molar-refractivity contribution < 1.29 is 8.42 Å². The minimum atomic E-state index is -3.36. The van der Waals surface area contributed by atoms with E-state index in [-0.39, 0.29) is 11.8 Å². The van der Waals surface area contributed by atoms with E-state index in [1.165, 1.54) is 0 Å². The third kappa shape index (κ3) is 4.59. The molecule has 0 radical (unpaired) electrons. The number of nitrogens with one attached hydrogen (secondary N) is 1. The number of piperidine rings is 1. The van der Waals surface area contributed by atoms with Gasteiger partial charge in [-0.1, -0.05) is 36.2 Å². The zero-order valence-corrected chi connectivity index (χ0v) is 15.0. The van der Waals surface area contributed by atoms with E-state index in [0.29, 0.717) is 22.2 Å². The van der Waals surface area contributed by atoms with Crippen LogP contribution in [0.3, 0.4) is 0 Å². The Kier molecular flexibility index (Phi) is 6.53. The molecule has 0 aromatic heterocycles. The van der Waals surface area contributed by atoms with E-state index in [1.54, 1.807) is 22.5 Å². The van der Waals surface area contributed by atoms with Crippen LogP contribution in [-0.2, 0) is 15.8 Å². The van der Waals surface area contributed by atoms with Crippen molar-refractivity contribution in [2.45, 2.75) is 38.0 Å². The zero-order valence-electron chi connectivity index (χ0n) is 12.7. The second-order valence-corrected chi connectivity index (χ2v) is 8.33. The van der Waals surface area contributed by atoms with Gasteiger partial charge in [0, 0.05) is 12.6 Å². The summed E-state index contributed by atoms with van der Waals surface area (Å²) in [4.78, 5) is 0. The number of hydrogen-bond acceptors (Lipinski definition) is 3. The van der Waals surface area contributed by atoms with E-state index < -0.39 is 10.0 Å². The van der Waals surface area contributed by atoms with Gasteiger partial charge in [-0.3, -0.25) is 0 Å². The topological polar surface area (TPSA) is 49.4 Å². The molecule has 1 aliphatic heterocycles. The Balaban J connectivity index is 2.18. The van der Waals surface area contributed by atoms with Crippen molar-refractivity contribution in [2.75, 3.05) is 19.6 Å². The van der Waals surface area contributed by atoms with Gasteiger partial charge in [0.05, 0.1) is 15.8 Å². The summed E-state index contributed by atoms with van der Waals surface area (Å²) in [5, 5.41) is 4.10. The van der Waals surface area contributed by atoms with Gasteiger partial charge in [0.2, 0.25) is 10.0 Å². The fraction of sp³-hybridized carbons (Fsp3) is 0.600. The van der Waals surface area contributed by atoms with Crippen molar-refractivity contribution in [3.63, 3.8) is 0 Å². The largest absolute Gasteiger partial charge is 0.317 e. The molecule has 0 bridgehead atoms. The molecule has 1 aromatic carbocycles. The highest BCUT2D eigenvalue weighted by atomic mass is 35.5. The summed E-state index contributed by atoms with van der Waals surface area (Å²) in [5.74, 6) is -0.0339. The van der Waals surface area contributed by atoms with Crippen molar-refractivity contribution in [3.05, 3.63) is 33.8 Å². The maximum atomic E-state index is 12.8. The first-order valence-electron chi connectivity index (χ1n) is 7.58. The lowest BCUT2D eigenvalue weighted by atomic mass is 10.1. The van der Waals surface area contributed by atoms with Crippen LogP contribution in [0.1, 0.15) is 31.7 Å². The first kappa shape index (κ1) is 18.0. The molecule has 1 saturated heterocycles. The van der Waals surface area contributed by atoms with Crippen LogP contribution in [0.15, 0.2) is 18.2 Å². The Bertz CT molecular complexity index is 602. The highest BCUT2D eigenvalue weighted by molar-refractivity contribution is 7.88. The number of rotatable bonds is 6. The molecular weight excluding hydrogens is 343 g/mol. The molecule has 4 nitrogen and oxygen atoms in total. The zero-order chi connectivity index (χ0) is 16.2. The molecule has 124 valence electrons. The lowest BCUT2D eigenvalue weighted by Gasteiger charge is -2.33. The Hall–Kier alpha value is -0.330. The molecule has 0 spiro atoms. The molecule has 7 heteroatoms. The highest BCUT2D eigenvalue weighted by Crippen LogP contribution is 2.25. The van der Waals surface area contributed by atoms with Gasteiger partial charge in [0.1, 0.15) is 0 Å². The third-order valence-electron chi connectivity index (χ3n) is 3.85. The fourth-order valence-corrected chi connectivity index (χ4v) is 5.00. The summed E-state index contributed by atoms with van der Waals surface area (Å²) in [5.41, 5.74) is 0.671. The monoisotopic (exact) mass is 364 g/mol. The normalized spacial score (nSPS) is 17.1. The lowest BCUT2D eigenvalue weighted by Crippen LogP contribution is -2.46. The Morgan fingerprint density at radius 2 is 1.91 bits per heavy atom. The van der Waals surface area contributed by atoms with Gasteiger partial charge >= 0.3 is 0 Å². The van der Waals surface area contributed by atoms with E-state index in [1.807, 2.05) is 6.92 Å². The van der Waals surface area contributed by atoms with Crippen LogP contribution >= 0.6 is 23.2 Å². The first-order chi connectivity index (χ1) is 10.4. The summed E-state index contributed by atoms with van der Waals surface area (Å²) in [6.07, 6.45) is 2.53. The van der Waals surface area contributed by atoms with Gasteiger partial charge in [0.15, 0.2) is 0 Å². The van der Waals surface area contributed by atoms with Gasteiger partial charge in [0.25, 0.3) is 0 Å². The van der Waals surface area contributed by atoms with E-state index in [9.17, 15) is 8.42 Å². The third-order valence-corrected chi connectivity index (χ3v) is 6.48. The quantitative estimate of drug-likeness (QED) is 0.842. The van der Waals surface area contributed by atoms with Crippen molar-refractivity contribution in [3.8, 4) is 0 Å². The molecule has 1 heterocycles. The summed E-state index contributed by atoms with van der Waals surface area (Å²) in [6.45, 7) is 4.30. The van der Waals surface area contributed by atoms with Gasteiger partial charge in [-0.05, 0) is 50.0 Å². The number of benzene rings is 1. The SMILES string of the molecule is CCCN(C1CCNCC1)S(=O)(=O)Cc1ccc(Cl)c(Cl)c1. The van der Waals surface area contributed by atoms with Crippen LogP contribution in [0.4, 0.5) is 0 Å². The minimum Gasteiger partial charge on any atom is -0.317 e. The molecule has 0 unspecified atom stereocenters. The average Bonchev–Trinajstić information content (AvgIpc) is 2.49. The molecule has 0 aliphatic carbocycles. The summed E-state index contributed by atoms with van der Waals surface area (Å²) < 4.78 is 27.3. The molecule has 0 atom stereocenters. The molecule has 1 N–H and O–H groups in total. The first-order valence-corrected chi connectivity index (χ1v) is 9.94. The van der Waals surface area contributed by atoms with Crippen LogP contribution in [0.25, 0.3) is 0 Å². The van der Waals surface area contributed by atoms with Crippen LogP contribution in [0.5, 0.6) is 0 Å². The predicted octanol–water partition coefficient (Wildman–Crippen LogP) is 3.29. The second kappa shape index (κ2) is 7.97. The van der Waals surface area contributed by atoms with Crippen LogP contribution in [-0.4, -0.2) is 38.4 Å². The van der Waals surface area contributed by atoms with Crippen LogP contribution in [0, 0.1) is 0 Å². The van der Waals surface area contributed by atoms with Gasteiger partial charge in [-0.15, -0.1) is 0 Å². The summed E-state index contributed by atoms with van der Waals surface area (Å²) in [6, 6.07) is 5.09.